The summed E-state index contributed by atoms with van der Waals surface area (Å²) in [5, 5.41) is -0.159. The second-order valence-corrected chi connectivity index (χ2v) is 7.51. The largest absolute Gasteiger partial charge is 0.351 e. The first-order valence-corrected chi connectivity index (χ1v) is 8.42. The topological polar surface area (TPSA) is 53.5 Å². The Balaban J connectivity index is 1.92. The van der Waals surface area contributed by atoms with Crippen LogP contribution in [0.5, 0.6) is 0 Å². The highest BCUT2D eigenvalue weighted by atomic mass is 32.2. The Morgan fingerprint density at radius 1 is 1.40 bits per heavy atom. The minimum atomic E-state index is -3.14. The molecule has 2 aliphatic rings. The molecule has 20 heavy (non-hydrogen) atoms. The van der Waals surface area contributed by atoms with Crippen molar-refractivity contribution in [3.63, 3.8) is 0 Å². The monoisotopic (exact) mass is 293 g/mol. The van der Waals surface area contributed by atoms with E-state index < -0.39 is 10.0 Å². The van der Waals surface area contributed by atoms with Crippen molar-refractivity contribution in [2.75, 3.05) is 24.5 Å². The smallest absolute Gasteiger partial charge is 0.217 e. The fourth-order valence-corrected chi connectivity index (χ4v) is 4.38. The minimum absolute atomic E-state index is 0.159. The maximum Gasteiger partial charge on any atom is 0.217 e. The Bertz CT molecular complexity index is 611. The summed E-state index contributed by atoms with van der Waals surface area (Å²) in [7, 11) is -3.14. The number of nitrogens with zero attached hydrogens (tertiary/aromatic N) is 3. The second-order valence-electron chi connectivity index (χ2n) is 5.30. The van der Waals surface area contributed by atoms with Gasteiger partial charge in [-0.2, -0.15) is 4.31 Å². The van der Waals surface area contributed by atoms with E-state index in [2.05, 4.69) is 16.5 Å². The van der Waals surface area contributed by atoms with Crippen molar-refractivity contribution < 1.29 is 8.42 Å². The molecule has 1 saturated carbocycles. The Morgan fingerprint density at radius 2 is 2.20 bits per heavy atom. The highest BCUT2D eigenvalue weighted by molar-refractivity contribution is 7.90. The SMILES string of the molecule is C=CCN1CCN(S(=O)(=O)C2CC2)Cc2cccnc21. The van der Waals surface area contributed by atoms with Gasteiger partial charge in [-0.15, -0.1) is 6.58 Å². The van der Waals surface area contributed by atoms with Crippen LogP contribution < -0.4 is 4.90 Å². The van der Waals surface area contributed by atoms with Crippen molar-refractivity contribution in [1.29, 1.82) is 0 Å². The summed E-state index contributed by atoms with van der Waals surface area (Å²) < 4.78 is 26.5. The number of rotatable bonds is 4. The average molecular weight is 293 g/mol. The minimum Gasteiger partial charge on any atom is -0.351 e. The van der Waals surface area contributed by atoms with Crippen molar-refractivity contribution in [3.05, 3.63) is 36.5 Å². The number of sulfonamides is 1. The van der Waals surface area contributed by atoms with E-state index in [0.717, 1.165) is 24.2 Å². The molecule has 0 radical (unpaired) electrons. The van der Waals surface area contributed by atoms with Gasteiger partial charge in [-0.25, -0.2) is 13.4 Å². The lowest BCUT2D eigenvalue weighted by Crippen LogP contribution is -2.37. The summed E-state index contributed by atoms with van der Waals surface area (Å²) in [6.07, 6.45) is 5.17. The van der Waals surface area contributed by atoms with Crippen LogP contribution in [-0.2, 0) is 16.6 Å². The third-order valence-corrected chi connectivity index (χ3v) is 6.13. The summed E-state index contributed by atoms with van der Waals surface area (Å²) in [6.45, 7) is 6.04. The number of fused-ring (bicyclic) bond motifs is 1. The van der Waals surface area contributed by atoms with E-state index in [0.29, 0.717) is 26.2 Å². The molecular formula is C14H19N3O2S. The molecule has 0 unspecified atom stereocenters. The van der Waals surface area contributed by atoms with Gasteiger partial charge in [-0.1, -0.05) is 12.1 Å². The van der Waals surface area contributed by atoms with E-state index in [1.165, 1.54) is 0 Å². The molecule has 1 aliphatic carbocycles. The van der Waals surface area contributed by atoms with Crippen molar-refractivity contribution >= 4 is 15.8 Å². The van der Waals surface area contributed by atoms with Crippen LogP contribution in [-0.4, -0.2) is 42.6 Å². The summed E-state index contributed by atoms with van der Waals surface area (Å²) in [6, 6.07) is 3.82. The van der Waals surface area contributed by atoms with E-state index in [9.17, 15) is 8.42 Å². The highest BCUT2D eigenvalue weighted by Gasteiger charge is 2.41. The molecule has 5 nitrogen and oxygen atoms in total. The Hall–Kier alpha value is -1.40. The van der Waals surface area contributed by atoms with Crippen LogP contribution in [0.4, 0.5) is 5.82 Å². The van der Waals surface area contributed by atoms with Crippen LogP contribution in [0.2, 0.25) is 0 Å². The second kappa shape index (κ2) is 5.18. The molecule has 0 amide bonds. The molecule has 3 rings (SSSR count). The zero-order valence-corrected chi connectivity index (χ0v) is 12.2. The molecule has 0 saturated heterocycles. The molecule has 0 bridgehead atoms. The number of hydrogen-bond acceptors (Lipinski definition) is 4. The Morgan fingerprint density at radius 3 is 2.90 bits per heavy atom. The molecule has 1 fully saturated rings. The molecule has 0 atom stereocenters. The summed E-state index contributed by atoms with van der Waals surface area (Å²) in [5.74, 6) is 0.876. The predicted molar refractivity (Wildman–Crippen MR) is 79.0 cm³/mol. The Kier molecular flexibility index (Phi) is 3.52. The number of pyridine rings is 1. The molecule has 0 aromatic carbocycles. The van der Waals surface area contributed by atoms with Crippen molar-refractivity contribution in [1.82, 2.24) is 9.29 Å². The van der Waals surface area contributed by atoms with Crippen molar-refractivity contribution in [2.24, 2.45) is 0 Å². The molecule has 1 aliphatic heterocycles. The van der Waals surface area contributed by atoms with Gasteiger partial charge in [0.1, 0.15) is 5.82 Å². The summed E-state index contributed by atoms with van der Waals surface area (Å²) >= 11 is 0. The lowest BCUT2D eigenvalue weighted by atomic mass is 10.2. The fraction of sp³-hybridized carbons (Fsp3) is 0.500. The molecule has 0 spiro atoms. The summed E-state index contributed by atoms with van der Waals surface area (Å²) in [4.78, 5) is 6.50. The van der Waals surface area contributed by atoms with Gasteiger partial charge in [0, 0.05) is 37.9 Å². The van der Waals surface area contributed by atoms with Gasteiger partial charge >= 0.3 is 0 Å². The molecule has 6 heteroatoms. The van der Waals surface area contributed by atoms with Crippen molar-refractivity contribution in [3.8, 4) is 0 Å². The van der Waals surface area contributed by atoms with Crippen LogP contribution in [0.1, 0.15) is 18.4 Å². The third kappa shape index (κ3) is 2.45. The van der Waals surface area contributed by atoms with Gasteiger partial charge in [-0.3, -0.25) is 0 Å². The zero-order valence-electron chi connectivity index (χ0n) is 11.4. The maximum atomic E-state index is 12.4. The van der Waals surface area contributed by atoms with Crippen LogP contribution in [0.3, 0.4) is 0 Å². The summed E-state index contributed by atoms with van der Waals surface area (Å²) in [5.41, 5.74) is 0.969. The molecule has 1 aromatic heterocycles. The van der Waals surface area contributed by atoms with Crippen LogP contribution >= 0.6 is 0 Å². The van der Waals surface area contributed by atoms with Crippen LogP contribution in [0.15, 0.2) is 31.0 Å². The quantitative estimate of drug-likeness (QED) is 0.787. The molecule has 2 heterocycles. The van der Waals surface area contributed by atoms with E-state index >= 15 is 0 Å². The van der Waals surface area contributed by atoms with Crippen molar-refractivity contribution in [2.45, 2.75) is 24.6 Å². The maximum absolute atomic E-state index is 12.4. The molecule has 108 valence electrons. The highest BCUT2D eigenvalue weighted by Crippen LogP contribution is 2.33. The third-order valence-electron chi connectivity index (χ3n) is 3.79. The van der Waals surface area contributed by atoms with E-state index in [-0.39, 0.29) is 5.25 Å². The van der Waals surface area contributed by atoms with Gasteiger partial charge < -0.3 is 4.90 Å². The van der Waals surface area contributed by atoms with Gasteiger partial charge in [0.2, 0.25) is 10.0 Å². The van der Waals surface area contributed by atoms with E-state index in [1.54, 1.807) is 10.5 Å². The van der Waals surface area contributed by atoms with Gasteiger partial charge in [-0.05, 0) is 18.9 Å². The van der Waals surface area contributed by atoms with Crippen LogP contribution in [0, 0.1) is 0 Å². The normalized spacial score (nSPS) is 20.3. The van der Waals surface area contributed by atoms with E-state index in [1.807, 2.05) is 18.2 Å². The average Bonchev–Trinajstić information content (AvgIpc) is 3.26. The van der Waals surface area contributed by atoms with Gasteiger partial charge in [0.25, 0.3) is 0 Å². The van der Waals surface area contributed by atoms with Gasteiger partial charge in [0.15, 0.2) is 0 Å². The standard InChI is InChI=1S/C14H19N3O2S/c1-2-8-16-9-10-17(20(18,19)13-5-6-13)11-12-4-3-7-15-14(12)16/h2-4,7,13H,1,5-6,8-11H2. The molecule has 1 aromatic rings. The number of anilines is 1. The van der Waals surface area contributed by atoms with Crippen LogP contribution in [0.25, 0.3) is 0 Å². The molecule has 0 N–H and O–H groups in total. The zero-order chi connectivity index (χ0) is 14.2. The number of hydrogen-bond donors (Lipinski definition) is 0. The molecular weight excluding hydrogens is 274 g/mol. The first-order chi connectivity index (χ1) is 9.63. The first kappa shape index (κ1) is 13.6. The van der Waals surface area contributed by atoms with E-state index in [4.69, 9.17) is 0 Å². The predicted octanol–water partition coefficient (Wildman–Crippen LogP) is 1.38. The first-order valence-electron chi connectivity index (χ1n) is 6.91. The van der Waals surface area contributed by atoms with Gasteiger partial charge in [0.05, 0.1) is 5.25 Å². The lowest BCUT2D eigenvalue weighted by molar-refractivity contribution is 0.418. The fourth-order valence-electron chi connectivity index (χ4n) is 2.57. The Labute approximate surface area is 120 Å². The lowest BCUT2D eigenvalue weighted by Gasteiger charge is -2.22. The number of aromatic nitrogens is 1.